The summed E-state index contributed by atoms with van der Waals surface area (Å²) in [5.74, 6) is -0.0176. The third-order valence-electron chi connectivity index (χ3n) is 3.15. The van der Waals surface area contributed by atoms with Gasteiger partial charge in [0.25, 0.3) is 0 Å². The average Bonchev–Trinajstić information content (AvgIpc) is 2.53. The summed E-state index contributed by atoms with van der Waals surface area (Å²) in [5.41, 5.74) is 0.707. The van der Waals surface area contributed by atoms with Crippen LogP contribution in [-0.4, -0.2) is 25.8 Å². The molecule has 2 aromatic rings. The van der Waals surface area contributed by atoms with Gasteiger partial charge >= 0.3 is 6.18 Å². The Bertz CT molecular complexity index is 750. The lowest BCUT2D eigenvalue weighted by Crippen LogP contribution is -2.21. The van der Waals surface area contributed by atoms with Crippen LogP contribution in [0.4, 0.5) is 18.9 Å². The molecule has 8 heteroatoms. The molecule has 0 heterocycles. The SMILES string of the molecule is COc1ccccc1CC(=O)Nc1cc(Cl)ccc1OCC(F)(F)F. The van der Waals surface area contributed by atoms with Crippen LogP contribution in [0.1, 0.15) is 5.56 Å². The van der Waals surface area contributed by atoms with Crippen LogP contribution in [0, 0.1) is 0 Å². The zero-order chi connectivity index (χ0) is 18.4. The number of rotatable bonds is 6. The number of hydrogen-bond donors (Lipinski definition) is 1. The maximum Gasteiger partial charge on any atom is 0.422 e. The van der Waals surface area contributed by atoms with E-state index in [-0.39, 0.29) is 22.9 Å². The van der Waals surface area contributed by atoms with Crippen molar-refractivity contribution >= 4 is 23.2 Å². The number of amides is 1. The van der Waals surface area contributed by atoms with Crippen LogP contribution in [0.3, 0.4) is 0 Å². The molecule has 0 fully saturated rings. The molecule has 1 amide bonds. The van der Waals surface area contributed by atoms with Crippen molar-refractivity contribution in [3.8, 4) is 11.5 Å². The standard InChI is InChI=1S/C17H15ClF3NO3/c1-24-14-5-3-2-4-11(14)8-16(23)22-13-9-12(18)6-7-15(13)25-10-17(19,20)21/h2-7,9H,8,10H2,1H3,(H,22,23). The molecule has 0 saturated carbocycles. The first-order chi connectivity index (χ1) is 11.8. The second-order valence-electron chi connectivity index (χ2n) is 5.08. The van der Waals surface area contributed by atoms with Gasteiger partial charge < -0.3 is 14.8 Å². The predicted octanol–water partition coefficient (Wildman–Crippen LogP) is 4.47. The maximum atomic E-state index is 12.3. The van der Waals surface area contributed by atoms with E-state index < -0.39 is 18.7 Å². The number of alkyl halides is 3. The van der Waals surface area contributed by atoms with E-state index in [9.17, 15) is 18.0 Å². The molecule has 0 spiro atoms. The summed E-state index contributed by atoms with van der Waals surface area (Å²) in [7, 11) is 1.48. The fraction of sp³-hybridized carbons (Fsp3) is 0.235. The van der Waals surface area contributed by atoms with Crippen LogP contribution in [-0.2, 0) is 11.2 Å². The van der Waals surface area contributed by atoms with Gasteiger partial charge in [0.05, 0.1) is 19.2 Å². The fourth-order valence-corrected chi connectivity index (χ4v) is 2.27. The summed E-state index contributed by atoms with van der Waals surface area (Å²) in [6, 6.07) is 10.9. The van der Waals surface area contributed by atoms with Gasteiger partial charge in [-0.1, -0.05) is 29.8 Å². The van der Waals surface area contributed by atoms with Gasteiger partial charge in [0.2, 0.25) is 5.91 Å². The van der Waals surface area contributed by atoms with Crippen LogP contribution in [0.15, 0.2) is 42.5 Å². The molecule has 0 bridgehead atoms. The van der Waals surface area contributed by atoms with Gasteiger partial charge in [-0.25, -0.2) is 0 Å². The highest BCUT2D eigenvalue weighted by Crippen LogP contribution is 2.30. The van der Waals surface area contributed by atoms with Crippen LogP contribution in [0.2, 0.25) is 5.02 Å². The molecule has 2 aromatic carbocycles. The van der Waals surface area contributed by atoms with E-state index in [0.717, 1.165) is 0 Å². The Kier molecular flexibility index (Phi) is 6.14. The zero-order valence-corrected chi connectivity index (χ0v) is 13.9. The zero-order valence-electron chi connectivity index (χ0n) is 13.2. The molecule has 134 valence electrons. The van der Waals surface area contributed by atoms with Crippen molar-refractivity contribution in [3.05, 3.63) is 53.1 Å². The summed E-state index contributed by atoms with van der Waals surface area (Å²) < 4.78 is 46.9. The minimum Gasteiger partial charge on any atom is -0.496 e. The molecule has 0 radical (unpaired) electrons. The number of carbonyl (C=O) groups is 1. The number of anilines is 1. The topological polar surface area (TPSA) is 47.6 Å². The first-order valence-electron chi connectivity index (χ1n) is 7.19. The van der Waals surface area contributed by atoms with Gasteiger partial charge in [-0.05, 0) is 24.3 Å². The van der Waals surface area contributed by atoms with Gasteiger partial charge in [0, 0.05) is 10.6 Å². The molecule has 0 aliphatic rings. The van der Waals surface area contributed by atoms with Gasteiger partial charge in [-0.15, -0.1) is 0 Å². The van der Waals surface area contributed by atoms with Crippen molar-refractivity contribution < 1.29 is 27.4 Å². The smallest absolute Gasteiger partial charge is 0.422 e. The monoisotopic (exact) mass is 373 g/mol. The minimum atomic E-state index is -4.49. The van der Waals surface area contributed by atoms with Gasteiger partial charge in [-0.3, -0.25) is 4.79 Å². The van der Waals surface area contributed by atoms with Crippen LogP contribution in [0.25, 0.3) is 0 Å². The van der Waals surface area contributed by atoms with E-state index in [1.54, 1.807) is 24.3 Å². The molecular weight excluding hydrogens is 359 g/mol. The predicted molar refractivity (Wildman–Crippen MR) is 88.3 cm³/mol. The molecule has 25 heavy (non-hydrogen) atoms. The number of nitrogens with one attached hydrogen (secondary N) is 1. The van der Waals surface area contributed by atoms with Crippen molar-refractivity contribution in [3.63, 3.8) is 0 Å². The van der Waals surface area contributed by atoms with Gasteiger partial charge in [-0.2, -0.15) is 13.2 Å². The average molecular weight is 374 g/mol. The molecule has 0 aliphatic carbocycles. The number of ether oxygens (including phenoxy) is 2. The third-order valence-corrected chi connectivity index (χ3v) is 3.39. The second kappa shape index (κ2) is 8.11. The Hall–Kier alpha value is -2.41. The van der Waals surface area contributed by atoms with Crippen molar-refractivity contribution in [2.45, 2.75) is 12.6 Å². The van der Waals surface area contributed by atoms with Gasteiger partial charge in [0.1, 0.15) is 11.5 Å². The van der Waals surface area contributed by atoms with E-state index >= 15 is 0 Å². The highest BCUT2D eigenvalue weighted by molar-refractivity contribution is 6.31. The fourth-order valence-electron chi connectivity index (χ4n) is 2.10. The Morgan fingerprint density at radius 1 is 1.16 bits per heavy atom. The van der Waals surface area contributed by atoms with Crippen LogP contribution < -0.4 is 14.8 Å². The van der Waals surface area contributed by atoms with E-state index in [4.69, 9.17) is 21.1 Å². The second-order valence-corrected chi connectivity index (χ2v) is 5.52. The van der Waals surface area contributed by atoms with E-state index in [1.165, 1.54) is 25.3 Å². The maximum absolute atomic E-state index is 12.3. The molecule has 1 N–H and O–H groups in total. The van der Waals surface area contributed by atoms with E-state index in [1.807, 2.05) is 0 Å². The molecule has 4 nitrogen and oxygen atoms in total. The summed E-state index contributed by atoms with van der Waals surface area (Å²) in [4.78, 5) is 12.2. The third kappa shape index (κ3) is 5.86. The quantitative estimate of drug-likeness (QED) is 0.812. The van der Waals surface area contributed by atoms with Gasteiger partial charge in [0.15, 0.2) is 6.61 Å². The Morgan fingerprint density at radius 3 is 2.56 bits per heavy atom. The van der Waals surface area contributed by atoms with Crippen molar-refractivity contribution in [2.24, 2.45) is 0 Å². The molecule has 0 atom stereocenters. The summed E-state index contributed by atoms with van der Waals surface area (Å²) in [6.45, 7) is -1.47. The first kappa shape index (κ1) is 18.9. The number of halogens is 4. The molecule has 0 unspecified atom stereocenters. The van der Waals surface area contributed by atoms with E-state index in [0.29, 0.717) is 11.3 Å². The number of benzene rings is 2. The van der Waals surface area contributed by atoms with Crippen LogP contribution in [0.5, 0.6) is 11.5 Å². The highest BCUT2D eigenvalue weighted by atomic mass is 35.5. The Morgan fingerprint density at radius 2 is 1.88 bits per heavy atom. The lowest BCUT2D eigenvalue weighted by atomic mass is 10.1. The molecular formula is C17H15ClF3NO3. The van der Waals surface area contributed by atoms with Crippen molar-refractivity contribution in [2.75, 3.05) is 19.0 Å². The lowest BCUT2D eigenvalue weighted by molar-refractivity contribution is -0.153. The lowest BCUT2D eigenvalue weighted by Gasteiger charge is -2.14. The molecule has 0 saturated heterocycles. The Balaban J connectivity index is 2.12. The number of hydrogen-bond acceptors (Lipinski definition) is 3. The van der Waals surface area contributed by atoms with Crippen LogP contribution >= 0.6 is 11.6 Å². The summed E-state index contributed by atoms with van der Waals surface area (Å²) in [5, 5.41) is 2.77. The summed E-state index contributed by atoms with van der Waals surface area (Å²) >= 11 is 5.85. The molecule has 0 aromatic heterocycles. The molecule has 0 aliphatic heterocycles. The number of carbonyl (C=O) groups excluding carboxylic acids is 1. The molecule has 2 rings (SSSR count). The van der Waals surface area contributed by atoms with Crippen molar-refractivity contribution in [1.29, 1.82) is 0 Å². The largest absolute Gasteiger partial charge is 0.496 e. The Labute approximate surface area is 147 Å². The van der Waals surface area contributed by atoms with Crippen molar-refractivity contribution in [1.82, 2.24) is 0 Å². The normalized spacial score (nSPS) is 11.1. The summed E-state index contributed by atoms with van der Waals surface area (Å²) in [6.07, 6.45) is -4.51. The van der Waals surface area contributed by atoms with E-state index in [2.05, 4.69) is 5.32 Å². The minimum absolute atomic E-state index is 0.0186. The number of para-hydroxylation sites is 1. The first-order valence-corrected chi connectivity index (χ1v) is 7.57. The highest BCUT2D eigenvalue weighted by Gasteiger charge is 2.29. The number of methoxy groups -OCH3 is 1.